The summed E-state index contributed by atoms with van der Waals surface area (Å²) < 4.78 is 60.8. The minimum Gasteiger partial charge on any atom is -0.463 e. The van der Waals surface area contributed by atoms with E-state index in [9.17, 15) is 26.8 Å². The van der Waals surface area contributed by atoms with Crippen LogP contribution in [0.25, 0.3) is 0 Å². The number of aromatic nitrogens is 1. The van der Waals surface area contributed by atoms with Crippen LogP contribution in [-0.4, -0.2) is 75.8 Å². The number of hydrogen-bond donors (Lipinski definition) is 4. The zero-order valence-electron chi connectivity index (χ0n) is 26.2. The summed E-state index contributed by atoms with van der Waals surface area (Å²) in [7, 11) is -3.90. The number of esters is 1. The predicted molar refractivity (Wildman–Crippen MR) is 174 cm³/mol. The fraction of sp³-hybridized carbons (Fsp3) is 0.581. The van der Waals surface area contributed by atoms with Gasteiger partial charge in [-0.15, -0.1) is 0 Å². The first-order chi connectivity index (χ1) is 21.7. The van der Waals surface area contributed by atoms with Crippen molar-refractivity contribution in [3.63, 3.8) is 0 Å². The molecule has 1 unspecified atom stereocenters. The van der Waals surface area contributed by atoms with E-state index < -0.39 is 39.6 Å². The Balaban J connectivity index is 1.32. The average molecular weight is 664 g/mol. The minimum atomic E-state index is -3.90. The van der Waals surface area contributed by atoms with Crippen molar-refractivity contribution in [2.45, 2.75) is 64.3 Å². The zero-order chi connectivity index (χ0) is 33.3. The number of alkyl halides is 2. The maximum absolute atomic E-state index is 13.7. The van der Waals surface area contributed by atoms with E-state index in [2.05, 4.69) is 19.9 Å². The molecule has 1 aliphatic carbocycles. The van der Waals surface area contributed by atoms with Crippen LogP contribution >= 0.6 is 0 Å². The van der Waals surface area contributed by atoms with Gasteiger partial charge < -0.3 is 31.3 Å². The molecule has 3 fully saturated rings. The number of carbonyl (C=O) groups excluding carboxylic acids is 2. The summed E-state index contributed by atoms with van der Waals surface area (Å²) in [6, 6.07) is 6.97. The SMILES string of the molecule is CC(C)C(N)C(=O)OCCS(=O)(=O)Nc1ccc(C(=O)Nc2ccc(N)c(N3CCC(F)(F)CC3)n2)c(N2CCC3(CC2)CC3)c1. The van der Waals surface area contributed by atoms with Crippen LogP contribution in [0, 0.1) is 11.3 Å². The summed E-state index contributed by atoms with van der Waals surface area (Å²) >= 11 is 0. The normalized spacial score (nSPS) is 19.5. The molecule has 6 N–H and O–H groups in total. The molecule has 12 nitrogen and oxygen atoms in total. The fourth-order valence-corrected chi connectivity index (χ4v) is 6.70. The van der Waals surface area contributed by atoms with Gasteiger partial charge in [0.1, 0.15) is 24.2 Å². The average Bonchev–Trinajstić information content (AvgIpc) is 3.76. The lowest BCUT2D eigenvalue weighted by Gasteiger charge is -2.35. The summed E-state index contributed by atoms with van der Waals surface area (Å²) in [5.74, 6) is -3.92. The van der Waals surface area contributed by atoms with Gasteiger partial charge in [-0.2, -0.15) is 0 Å². The number of halogens is 2. The largest absolute Gasteiger partial charge is 0.463 e. The number of piperidine rings is 2. The molecule has 1 aromatic heterocycles. The molecule has 2 aliphatic heterocycles. The third-order valence-corrected chi connectivity index (χ3v) is 10.4. The number of carbonyl (C=O) groups is 2. The number of anilines is 5. The summed E-state index contributed by atoms with van der Waals surface area (Å²) in [4.78, 5) is 33.9. The van der Waals surface area contributed by atoms with Gasteiger partial charge in [0, 0.05) is 39.0 Å². The lowest BCUT2D eigenvalue weighted by atomic mass is 9.93. The lowest BCUT2D eigenvalue weighted by Crippen LogP contribution is -2.40. The smallest absolute Gasteiger partial charge is 0.323 e. The van der Waals surface area contributed by atoms with Crippen molar-refractivity contribution in [3.8, 4) is 0 Å². The molecule has 46 heavy (non-hydrogen) atoms. The molecule has 1 atom stereocenters. The first-order valence-corrected chi connectivity index (χ1v) is 17.3. The summed E-state index contributed by atoms with van der Waals surface area (Å²) in [5, 5.41) is 2.81. The lowest BCUT2D eigenvalue weighted by molar-refractivity contribution is -0.145. The Bertz CT molecular complexity index is 1550. The molecule has 1 saturated carbocycles. The first-order valence-electron chi connectivity index (χ1n) is 15.7. The van der Waals surface area contributed by atoms with Gasteiger partial charge in [-0.25, -0.2) is 22.2 Å². The van der Waals surface area contributed by atoms with Crippen molar-refractivity contribution in [1.82, 2.24) is 4.98 Å². The van der Waals surface area contributed by atoms with Crippen LogP contribution < -0.4 is 31.3 Å². The van der Waals surface area contributed by atoms with Gasteiger partial charge in [0.25, 0.3) is 11.8 Å². The molecule has 252 valence electrons. The third kappa shape index (κ3) is 8.16. The van der Waals surface area contributed by atoms with Crippen molar-refractivity contribution < 1.29 is 31.5 Å². The van der Waals surface area contributed by atoms with Crippen LogP contribution in [-0.2, 0) is 19.6 Å². The second-order valence-electron chi connectivity index (χ2n) is 13.0. The third-order valence-electron chi connectivity index (χ3n) is 9.17. The molecule has 1 amide bonds. The first kappa shape index (κ1) is 33.6. The number of ether oxygens (including phenoxy) is 1. The van der Waals surface area contributed by atoms with E-state index >= 15 is 0 Å². The maximum atomic E-state index is 13.7. The van der Waals surface area contributed by atoms with Crippen molar-refractivity contribution in [2.75, 3.05) is 64.1 Å². The Kier molecular flexibility index (Phi) is 9.64. The van der Waals surface area contributed by atoms with Gasteiger partial charge in [-0.1, -0.05) is 13.8 Å². The molecule has 0 bridgehead atoms. The highest BCUT2D eigenvalue weighted by atomic mass is 32.2. The highest BCUT2D eigenvalue weighted by Gasteiger charge is 2.44. The summed E-state index contributed by atoms with van der Waals surface area (Å²) in [5.41, 5.74) is 13.7. The number of nitrogens with zero attached hydrogens (tertiary/aromatic N) is 3. The number of nitrogen functional groups attached to an aromatic ring is 1. The van der Waals surface area contributed by atoms with E-state index in [4.69, 9.17) is 16.2 Å². The van der Waals surface area contributed by atoms with Gasteiger partial charge in [0.2, 0.25) is 10.0 Å². The van der Waals surface area contributed by atoms with Crippen molar-refractivity contribution in [3.05, 3.63) is 35.9 Å². The Labute approximate surface area is 268 Å². The number of benzene rings is 1. The van der Waals surface area contributed by atoms with E-state index in [1.54, 1.807) is 43.0 Å². The van der Waals surface area contributed by atoms with E-state index in [1.807, 2.05) is 0 Å². The van der Waals surface area contributed by atoms with Crippen LogP contribution in [0.15, 0.2) is 30.3 Å². The Morgan fingerprint density at radius 2 is 1.65 bits per heavy atom. The van der Waals surface area contributed by atoms with Gasteiger partial charge in [-0.3, -0.25) is 14.3 Å². The van der Waals surface area contributed by atoms with Gasteiger partial charge in [0.15, 0.2) is 5.82 Å². The quantitative estimate of drug-likeness (QED) is 0.259. The molecule has 3 aliphatic rings. The molecule has 1 aromatic carbocycles. The van der Waals surface area contributed by atoms with Gasteiger partial charge >= 0.3 is 5.97 Å². The van der Waals surface area contributed by atoms with Crippen LogP contribution in [0.5, 0.6) is 0 Å². The molecule has 1 spiro atoms. The summed E-state index contributed by atoms with van der Waals surface area (Å²) in [6.07, 6.45) is 3.73. The monoisotopic (exact) mass is 663 g/mol. The molecule has 15 heteroatoms. The Hall–Kier alpha value is -3.72. The van der Waals surface area contributed by atoms with Crippen molar-refractivity contribution >= 4 is 50.6 Å². The summed E-state index contributed by atoms with van der Waals surface area (Å²) in [6.45, 7) is 4.79. The van der Waals surface area contributed by atoms with E-state index in [-0.39, 0.29) is 50.0 Å². The molecular weight excluding hydrogens is 620 g/mol. The van der Waals surface area contributed by atoms with E-state index in [0.717, 1.165) is 12.8 Å². The number of pyridine rings is 1. The van der Waals surface area contributed by atoms with E-state index in [1.165, 1.54) is 18.9 Å². The fourth-order valence-electron chi connectivity index (χ4n) is 5.81. The van der Waals surface area contributed by atoms with E-state index in [0.29, 0.717) is 41.3 Å². The highest BCUT2D eigenvalue weighted by Crippen LogP contribution is 2.54. The Morgan fingerprint density at radius 3 is 2.28 bits per heavy atom. The second-order valence-corrected chi connectivity index (χ2v) is 14.8. The molecule has 2 saturated heterocycles. The van der Waals surface area contributed by atoms with Crippen molar-refractivity contribution in [1.29, 1.82) is 0 Å². The molecular formula is C31H43F2N7O5S. The number of amides is 1. The number of rotatable bonds is 11. The van der Waals surface area contributed by atoms with Crippen LogP contribution in [0.4, 0.5) is 37.5 Å². The van der Waals surface area contributed by atoms with Gasteiger partial charge in [-0.05, 0) is 67.3 Å². The molecule has 2 aromatic rings. The molecule has 3 heterocycles. The van der Waals surface area contributed by atoms with Crippen LogP contribution in [0.1, 0.15) is 62.7 Å². The van der Waals surface area contributed by atoms with Crippen molar-refractivity contribution in [2.24, 2.45) is 17.1 Å². The minimum absolute atomic E-state index is 0.0908. The number of sulfonamides is 1. The predicted octanol–water partition coefficient (Wildman–Crippen LogP) is 3.80. The standard InChI is InChI=1S/C31H43F2N7O5S/c1-20(2)26(35)29(42)45-17-18-46(43,44)38-21-3-4-22(24(19-21)39-13-9-30(7-8-30)10-14-39)28(41)37-25-6-5-23(34)27(36-25)40-15-11-31(32,33)12-16-40/h3-6,19-20,26,38H,7-18,34-35H2,1-2H3,(H,36,37,41). The number of nitrogens with two attached hydrogens (primary N) is 2. The highest BCUT2D eigenvalue weighted by molar-refractivity contribution is 7.92. The topological polar surface area (TPSA) is 173 Å². The molecule has 0 radical (unpaired) electrons. The van der Waals surface area contributed by atoms with Gasteiger partial charge in [0.05, 0.1) is 22.6 Å². The number of nitrogens with one attached hydrogen (secondary N) is 2. The molecule has 5 rings (SSSR count). The zero-order valence-corrected chi connectivity index (χ0v) is 27.0. The van der Waals surface area contributed by atoms with Crippen LogP contribution in [0.3, 0.4) is 0 Å². The second kappa shape index (κ2) is 13.2. The maximum Gasteiger partial charge on any atom is 0.323 e. The van der Waals surface area contributed by atoms with Crippen LogP contribution in [0.2, 0.25) is 0 Å². The number of hydrogen-bond acceptors (Lipinski definition) is 10. The Morgan fingerprint density at radius 1 is 1.00 bits per heavy atom.